The van der Waals surface area contributed by atoms with E-state index in [1.807, 2.05) is 48.5 Å². The molecule has 3 nitrogen and oxygen atoms in total. The van der Waals surface area contributed by atoms with E-state index in [-0.39, 0.29) is 11.5 Å². The number of nitrogens with zero attached hydrogens (tertiary/aromatic N) is 1. The minimum Gasteiger partial charge on any atom is -0.508 e. The van der Waals surface area contributed by atoms with Crippen LogP contribution in [0.15, 0.2) is 72.8 Å². The summed E-state index contributed by atoms with van der Waals surface area (Å²) in [7, 11) is 0. The van der Waals surface area contributed by atoms with Gasteiger partial charge in [-0.2, -0.15) is 0 Å². The van der Waals surface area contributed by atoms with Gasteiger partial charge in [0.05, 0.1) is 11.4 Å². The summed E-state index contributed by atoms with van der Waals surface area (Å²) in [6.45, 7) is 0. The van der Waals surface area contributed by atoms with Crippen LogP contribution in [0.5, 0.6) is 11.5 Å². The number of hydrogen-bond donors (Lipinski definition) is 2. The zero-order valence-electron chi connectivity index (χ0n) is 14.9. The molecule has 136 valence electrons. The van der Waals surface area contributed by atoms with E-state index in [1.54, 1.807) is 24.3 Å². The Morgan fingerprint density at radius 2 is 1.54 bits per heavy atom. The number of halogens is 1. The molecule has 5 rings (SSSR count). The first-order valence-corrected chi connectivity index (χ1v) is 9.38. The number of aromatic nitrogens is 1. The van der Waals surface area contributed by atoms with Crippen molar-refractivity contribution in [3.05, 3.63) is 88.9 Å². The number of aromatic hydroxyl groups is 2. The zero-order valence-corrected chi connectivity index (χ0v) is 15.6. The van der Waals surface area contributed by atoms with Crippen molar-refractivity contribution in [3.8, 4) is 45.1 Å². The van der Waals surface area contributed by atoms with E-state index in [4.69, 9.17) is 16.6 Å². The van der Waals surface area contributed by atoms with E-state index in [1.165, 1.54) is 0 Å². The molecule has 28 heavy (non-hydrogen) atoms. The lowest BCUT2D eigenvalue weighted by atomic mass is 9.96. The Bertz CT molecular complexity index is 1230. The Balaban J connectivity index is 1.79. The van der Waals surface area contributed by atoms with E-state index in [0.717, 1.165) is 44.8 Å². The number of benzene rings is 3. The fourth-order valence-electron chi connectivity index (χ4n) is 3.85. The van der Waals surface area contributed by atoms with Gasteiger partial charge in [0.25, 0.3) is 0 Å². The molecule has 1 aromatic heterocycles. The smallest absolute Gasteiger partial charge is 0.116 e. The number of hydrogen-bond acceptors (Lipinski definition) is 3. The maximum atomic E-state index is 9.91. The first-order chi connectivity index (χ1) is 13.6. The van der Waals surface area contributed by atoms with Crippen molar-refractivity contribution in [2.75, 3.05) is 0 Å². The van der Waals surface area contributed by atoms with Gasteiger partial charge in [-0.1, -0.05) is 35.9 Å². The first kappa shape index (κ1) is 16.8. The van der Waals surface area contributed by atoms with Crippen molar-refractivity contribution >= 4 is 11.6 Å². The highest BCUT2D eigenvalue weighted by Gasteiger charge is 2.25. The Morgan fingerprint density at radius 3 is 2.36 bits per heavy atom. The maximum absolute atomic E-state index is 9.91. The van der Waals surface area contributed by atoms with Crippen LogP contribution in [0.3, 0.4) is 0 Å². The van der Waals surface area contributed by atoms with Crippen molar-refractivity contribution in [2.45, 2.75) is 6.42 Å². The molecular formula is C24H16ClNO2. The molecule has 1 aliphatic rings. The van der Waals surface area contributed by atoms with Crippen LogP contribution < -0.4 is 0 Å². The zero-order chi connectivity index (χ0) is 19.3. The summed E-state index contributed by atoms with van der Waals surface area (Å²) >= 11 is 6.25. The second-order valence-electron chi connectivity index (χ2n) is 6.96. The predicted octanol–water partition coefficient (Wildman–Crippen LogP) is 6.05. The standard InChI is InChI=1S/C24H16ClNO2/c25-17-5-1-3-14(9-17)21-13-23(15-4-2-6-18(27)10-15)26-24-20-8-7-19(28)11-16(20)12-22(21)24/h1-11,13,27-28H,12H2. The van der Waals surface area contributed by atoms with Crippen LogP contribution in [0.2, 0.25) is 5.02 Å². The largest absolute Gasteiger partial charge is 0.508 e. The van der Waals surface area contributed by atoms with Gasteiger partial charge in [0.2, 0.25) is 0 Å². The Labute approximate surface area is 167 Å². The Kier molecular flexibility index (Phi) is 3.85. The highest BCUT2D eigenvalue weighted by molar-refractivity contribution is 6.30. The third kappa shape index (κ3) is 2.81. The number of rotatable bonds is 2. The van der Waals surface area contributed by atoms with Crippen molar-refractivity contribution in [2.24, 2.45) is 0 Å². The molecule has 0 saturated carbocycles. The second kappa shape index (κ2) is 6.39. The van der Waals surface area contributed by atoms with E-state index in [9.17, 15) is 10.2 Å². The number of fused-ring (bicyclic) bond motifs is 3. The summed E-state index contributed by atoms with van der Waals surface area (Å²) < 4.78 is 0. The van der Waals surface area contributed by atoms with E-state index < -0.39 is 0 Å². The van der Waals surface area contributed by atoms with Crippen molar-refractivity contribution in [3.63, 3.8) is 0 Å². The van der Waals surface area contributed by atoms with Gasteiger partial charge in [-0.15, -0.1) is 0 Å². The molecule has 0 fully saturated rings. The van der Waals surface area contributed by atoms with Gasteiger partial charge in [0.15, 0.2) is 0 Å². The van der Waals surface area contributed by atoms with E-state index >= 15 is 0 Å². The summed E-state index contributed by atoms with van der Waals surface area (Å²) in [5.41, 5.74) is 7.81. The van der Waals surface area contributed by atoms with Crippen LogP contribution in [0.1, 0.15) is 11.1 Å². The summed E-state index contributed by atoms with van der Waals surface area (Å²) in [5, 5.41) is 20.5. The topological polar surface area (TPSA) is 53.4 Å². The van der Waals surface area contributed by atoms with Gasteiger partial charge < -0.3 is 10.2 Å². The molecule has 0 spiro atoms. The van der Waals surface area contributed by atoms with E-state index in [0.29, 0.717) is 11.4 Å². The monoisotopic (exact) mass is 385 g/mol. The molecule has 0 saturated heterocycles. The van der Waals surface area contributed by atoms with Crippen LogP contribution >= 0.6 is 11.6 Å². The molecule has 0 atom stereocenters. The van der Waals surface area contributed by atoms with Gasteiger partial charge in [-0.3, -0.25) is 0 Å². The number of pyridine rings is 1. The number of phenols is 2. The third-order valence-electron chi connectivity index (χ3n) is 5.11. The van der Waals surface area contributed by atoms with Crippen molar-refractivity contribution < 1.29 is 10.2 Å². The molecule has 2 N–H and O–H groups in total. The molecule has 1 heterocycles. The maximum Gasteiger partial charge on any atom is 0.116 e. The Hall–Kier alpha value is -3.30. The number of phenolic OH excluding ortho intramolecular Hbond substituents is 2. The molecule has 0 radical (unpaired) electrons. The molecule has 0 unspecified atom stereocenters. The van der Waals surface area contributed by atoms with Gasteiger partial charge in [0.1, 0.15) is 11.5 Å². The second-order valence-corrected chi connectivity index (χ2v) is 7.40. The summed E-state index contributed by atoms with van der Waals surface area (Å²) in [4.78, 5) is 4.92. The SMILES string of the molecule is Oc1cccc(-c2cc(-c3cccc(Cl)c3)c3c(n2)-c2ccc(O)cc2C3)c1. The van der Waals surface area contributed by atoms with Gasteiger partial charge in [-0.25, -0.2) is 4.98 Å². The van der Waals surface area contributed by atoms with Crippen LogP contribution in [0, 0.1) is 0 Å². The van der Waals surface area contributed by atoms with Gasteiger partial charge >= 0.3 is 0 Å². The van der Waals surface area contributed by atoms with Crippen molar-refractivity contribution in [1.82, 2.24) is 4.98 Å². The summed E-state index contributed by atoms with van der Waals surface area (Å²) in [6, 6.07) is 22.3. The minimum absolute atomic E-state index is 0.203. The Morgan fingerprint density at radius 1 is 0.750 bits per heavy atom. The average Bonchev–Trinajstić information content (AvgIpc) is 3.04. The lowest BCUT2D eigenvalue weighted by Gasteiger charge is -2.13. The quantitative estimate of drug-likeness (QED) is 0.389. The molecule has 0 amide bonds. The third-order valence-corrected chi connectivity index (χ3v) is 5.35. The van der Waals surface area contributed by atoms with Crippen LogP contribution in [0.25, 0.3) is 33.6 Å². The molecule has 4 aromatic rings. The highest BCUT2D eigenvalue weighted by Crippen LogP contribution is 2.43. The minimum atomic E-state index is 0.203. The van der Waals surface area contributed by atoms with Crippen LogP contribution in [-0.4, -0.2) is 15.2 Å². The lowest BCUT2D eigenvalue weighted by Crippen LogP contribution is -1.94. The lowest BCUT2D eigenvalue weighted by molar-refractivity contribution is 0.474. The highest BCUT2D eigenvalue weighted by atomic mass is 35.5. The fraction of sp³-hybridized carbons (Fsp3) is 0.0417. The molecule has 0 aliphatic heterocycles. The first-order valence-electron chi connectivity index (χ1n) is 9.00. The molecule has 3 aromatic carbocycles. The van der Waals surface area contributed by atoms with Gasteiger partial charge in [0, 0.05) is 22.6 Å². The summed E-state index contributed by atoms with van der Waals surface area (Å²) in [6.07, 6.45) is 0.703. The molecular weight excluding hydrogens is 370 g/mol. The fourth-order valence-corrected chi connectivity index (χ4v) is 4.04. The van der Waals surface area contributed by atoms with Gasteiger partial charge in [-0.05, 0) is 70.8 Å². The molecule has 1 aliphatic carbocycles. The average molecular weight is 386 g/mol. The van der Waals surface area contributed by atoms with E-state index in [2.05, 4.69) is 0 Å². The normalized spacial score (nSPS) is 11.9. The van der Waals surface area contributed by atoms with Crippen molar-refractivity contribution in [1.29, 1.82) is 0 Å². The predicted molar refractivity (Wildman–Crippen MR) is 112 cm³/mol. The molecule has 0 bridgehead atoms. The van der Waals surface area contributed by atoms with Crippen LogP contribution in [0.4, 0.5) is 0 Å². The molecule has 4 heteroatoms. The summed E-state index contributed by atoms with van der Waals surface area (Å²) in [5.74, 6) is 0.457. The van der Waals surface area contributed by atoms with Crippen LogP contribution in [-0.2, 0) is 6.42 Å².